The Labute approximate surface area is 139 Å². The molecule has 1 atom stereocenters. The Balaban J connectivity index is 1.90. The fourth-order valence-electron chi connectivity index (χ4n) is 1.86. The topological polar surface area (TPSA) is 125 Å². The van der Waals surface area contributed by atoms with E-state index in [9.17, 15) is 18.0 Å². The summed E-state index contributed by atoms with van der Waals surface area (Å²) < 4.78 is 31.2. The van der Waals surface area contributed by atoms with Gasteiger partial charge in [-0.15, -0.1) is 0 Å². The third-order valence-electron chi connectivity index (χ3n) is 3.30. The molecule has 1 fully saturated rings. The molecule has 0 unspecified atom stereocenters. The van der Waals surface area contributed by atoms with E-state index in [2.05, 4.69) is 10.0 Å². The number of nitrogens with zero attached hydrogens (tertiary/aromatic N) is 1. The molecule has 0 saturated heterocycles. The predicted molar refractivity (Wildman–Crippen MR) is 83.1 cm³/mol. The Hall–Kier alpha value is -2.44. The molecule has 1 amide bonds. The molecule has 1 aromatic carbocycles. The van der Waals surface area contributed by atoms with Gasteiger partial charge in [-0.2, -0.15) is 9.98 Å². The standard InChI is InChI=1S/C15H17N3O5S/c1-10(15(20)18-12-6-7-12)23-14(19)9-17-24(21,22)13-5-3-2-4-11(13)8-16/h2-5,10,12,17H,6-7,9H2,1H3,(H,18,20)/t10-/m0/s1. The highest BCUT2D eigenvalue weighted by atomic mass is 32.2. The molecule has 1 aliphatic rings. The number of sulfonamides is 1. The highest BCUT2D eigenvalue weighted by molar-refractivity contribution is 7.89. The van der Waals surface area contributed by atoms with Gasteiger partial charge in [0.05, 0.1) is 10.5 Å². The number of nitriles is 1. The van der Waals surface area contributed by atoms with Gasteiger partial charge in [-0.1, -0.05) is 12.1 Å². The van der Waals surface area contributed by atoms with Crippen LogP contribution >= 0.6 is 0 Å². The number of rotatable bonds is 7. The minimum Gasteiger partial charge on any atom is -0.452 e. The van der Waals surface area contributed by atoms with Crippen molar-refractivity contribution in [3.8, 4) is 6.07 Å². The Kier molecular flexibility index (Phi) is 5.54. The van der Waals surface area contributed by atoms with E-state index < -0.39 is 34.5 Å². The summed E-state index contributed by atoms with van der Waals surface area (Å²) in [5, 5.41) is 11.6. The van der Waals surface area contributed by atoms with E-state index in [1.807, 2.05) is 0 Å². The summed E-state index contributed by atoms with van der Waals surface area (Å²) in [6.45, 7) is 0.776. The number of nitrogens with one attached hydrogen (secondary N) is 2. The summed E-state index contributed by atoms with van der Waals surface area (Å²) in [4.78, 5) is 23.1. The van der Waals surface area contributed by atoms with Crippen molar-refractivity contribution in [3.63, 3.8) is 0 Å². The van der Waals surface area contributed by atoms with E-state index in [-0.39, 0.29) is 16.5 Å². The van der Waals surface area contributed by atoms with Crippen LogP contribution in [-0.4, -0.2) is 39.0 Å². The molecule has 0 heterocycles. The van der Waals surface area contributed by atoms with Crippen LogP contribution in [0.1, 0.15) is 25.3 Å². The molecule has 2 rings (SSSR count). The largest absolute Gasteiger partial charge is 0.452 e. The van der Waals surface area contributed by atoms with E-state index in [4.69, 9.17) is 10.00 Å². The molecule has 0 radical (unpaired) electrons. The highest BCUT2D eigenvalue weighted by Gasteiger charge is 2.27. The Morgan fingerprint density at radius 2 is 2.04 bits per heavy atom. The molecule has 0 aliphatic heterocycles. The SMILES string of the molecule is C[C@H](OC(=O)CNS(=O)(=O)c1ccccc1C#N)C(=O)NC1CC1. The second-order valence-electron chi connectivity index (χ2n) is 5.35. The number of esters is 1. The van der Waals surface area contributed by atoms with Crippen molar-refractivity contribution in [2.75, 3.05) is 6.54 Å². The molecule has 24 heavy (non-hydrogen) atoms. The van der Waals surface area contributed by atoms with Crippen LogP contribution < -0.4 is 10.0 Å². The molecule has 0 spiro atoms. The Morgan fingerprint density at radius 1 is 1.38 bits per heavy atom. The van der Waals surface area contributed by atoms with Crippen LogP contribution in [0.4, 0.5) is 0 Å². The summed E-state index contributed by atoms with van der Waals surface area (Å²) in [6, 6.07) is 7.53. The summed E-state index contributed by atoms with van der Waals surface area (Å²) in [5.41, 5.74) is -0.0319. The number of benzene rings is 1. The second-order valence-corrected chi connectivity index (χ2v) is 7.08. The summed E-state index contributed by atoms with van der Waals surface area (Å²) >= 11 is 0. The zero-order valence-electron chi connectivity index (χ0n) is 13.0. The number of amides is 1. The molecule has 128 valence electrons. The lowest BCUT2D eigenvalue weighted by atomic mass is 10.2. The maximum absolute atomic E-state index is 12.1. The van der Waals surface area contributed by atoms with Gasteiger partial charge in [0.2, 0.25) is 10.0 Å². The van der Waals surface area contributed by atoms with Gasteiger partial charge in [0, 0.05) is 6.04 Å². The van der Waals surface area contributed by atoms with E-state index >= 15 is 0 Å². The number of hydrogen-bond donors (Lipinski definition) is 2. The maximum Gasteiger partial charge on any atom is 0.321 e. The molecule has 0 aromatic heterocycles. The first-order chi connectivity index (χ1) is 11.3. The lowest BCUT2D eigenvalue weighted by molar-refractivity contribution is -0.153. The molecule has 1 aliphatic carbocycles. The van der Waals surface area contributed by atoms with Crippen molar-refractivity contribution in [1.82, 2.24) is 10.0 Å². The van der Waals surface area contributed by atoms with Crippen LogP contribution in [0.3, 0.4) is 0 Å². The molecular formula is C15H17N3O5S. The van der Waals surface area contributed by atoms with Crippen molar-refractivity contribution in [1.29, 1.82) is 5.26 Å². The van der Waals surface area contributed by atoms with Crippen LogP contribution in [-0.2, 0) is 24.3 Å². The molecule has 1 aromatic rings. The fourth-order valence-corrected chi connectivity index (χ4v) is 2.99. The maximum atomic E-state index is 12.1. The van der Waals surface area contributed by atoms with E-state index in [1.165, 1.54) is 31.2 Å². The first kappa shape index (κ1) is 17.9. The first-order valence-electron chi connectivity index (χ1n) is 7.32. The number of ether oxygens (including phenoxy) is 1. The number of carbonyl (C=O) groups excluding carboxylic acids is 2. The van der Waals surface area contributed by atoms with Crippen molar-refractivity contribution in [2.24, 2.45) is 0 Å². The molecule has 1 saturated carbocycles. The molecule has 8 nitrogen and oxygen atoms in total. The molecule has 2 N–H and O–H groups in total. The normalized spacial score (nSPS) is 15.2. The Bertz CT molecular complexity index is 781. The minimum absolute atomic E-state index is 0.0319. The van der Waals surface area contributed by atoms with Crippen molar-refractivity contribution < 1.29 is 22.7 Å². The van der Waals surface area contributed by atoms with Crippen LogP contribution in [0.25, 0.3) is 0 Å². The number of hydrogen-bond acceptors (Lipinski definition) is 6. The minimum atomic E-state index is -4.04. The van der Waals surface area contributed by atoms with Gasteiger partial charge in [-0.3, -0.25) is 9.59 Å². The third-order valence-corrected chi connectivity index (χ3v) is 4.76. The van der Waals surface area contributed by atoms with Gasteiger partial charge in [0.1, 0.15) is 12.6 Å². The van der Waals surface area contributed by atoms with E-state index in [0.717, 1.165) is 12.8 Å². The predicted octanol–water partition coefficient (Wildman–Crippen LogP) is 0.0469. The first-order valence-corrected chi connectivity index (χ1v) is 8.80. The van der Waals surface area contributed by atoms with Crippen LogP contribution in [0.5, 0.6) is 0 Å². The lowest BCUT2D eigenvalue weighted by Gasteiger charge is -2.13. The van der Waals surface area contributed by atoms with Gasteiger partial charge < -0.3 is 10.1 Å². The van der Waals surface area contributed by atoms with Gasteiger partial charge in [-0.25, -0.2) is 8.42 Å². The number of carbonyl (C=O) groups is 2. The van der Waals surface area contributed by atoms with Crippen molar-refractivity contribution >= 4 is 21.9 Å². The highest BCUT2D eigenvalue weighted by Crippen LogP contribution is 2.18. The third kappa shape index (κ3) is 4.78. The smallest absolute Gasteiger partial charge is 0.321 e. The van der Waals surface area contributed by atoms with Crippen LogP contribution in [0.2, 0.25) is 0 Å². The van der Waals surface area contributed by atoms with E-state index in [1.54, 1.807) is 6.07 Å². The van der Waals surface area contributed by atoms with Gasteiger partial charge in [0.25, 0.3) is 5.91 Å². The molecule has 9 heteroatoms. The molecule has 0 bridgehead atoms. The average molecular weight is 351 g/mol. The summed E-state index contributed by atoms with van der Waals surface area (Å²) in [7, 11) is -4.04. The van der Waals surface area contributed by atoms with Gasteiger partial charge >= 0.3 is 5.97 Å². The van der Waals surface area contributed by atoms with E-state index in [0.29, 0.717) is 0 Å². The molecular weight excluding hydrogens is 334 g/mol. The summed E-state index contributed by atoms with van der Waals surface area (Å²) in [5.74, 6) is -1.30. The van der Waals surface area contributed by atoms with Gasteiger partial charge in [-0.05, 0) is 31.9 Å². The van der Waals surface area contributed by atoms with Crippen LogP contribution in [0.15, 0.2) is 29.2 Å². The van der Waals surface area contributed by atoms with Gasteiger partial charge in [0.15, 0.2) is 6.10 Å². The van der Waals surface area contributed by atoms with Crippen molar-refractivity contribution in [2.45, 2.75) is 36.8 Å². The van der Waals surface area contributed by atoms with Crippen LogP contribution in [0, 0.1) is 11.3 Å². The summed E-state index contributed by atoms with van der Waals surface area (Å²) in [6.07, 6.45) is 0.809. The fraction of sp³-hybridized carbons (Fsp3) is 0.400. The monoisotopic (exact) mass is 351 g/mol. The lowest BCUT2D eigenvalue weighted by Crippen LogP contribution is -2.39. The Morgan fingerprint density at radius 3 is 2.67 bits per heavy atom. The zero-order chi connectivity index (χ0) is 17.7. The van der Waals surface area contributed by atoms with Crippen molar-refractivity contribution in [3.05, 3.63) is 29.8 Å². The second kappa shape index (κ2) is 7.42. The zero-order valence-corrected chi connectivity index (χ0v) is 13.8. The quantitative estimate of drug-likeness (QED) is 0.669. The average Bonchev–Trinajstić information content (AvgIpc) is 3.37.